The summed E-state index contributed by atoms with van der Waals surface area (Å²) in [5.41, 5.74) is 0. The molecule has 0 rings (SSSR count). The Morgan fingerprint density at radius 2 is 0.640 bits per heavy atom. The van der Waals surface area contributed by atoms with Crippen molar-refractivity contribution in [2.75, 3.05) is 92.5 Å². The van der Waals surface area contributed by atoms with Crippen LogP contribution >= 0.6 is 0 Å². The molecule has 0 aromatic carbocycles. The van der Waals surface area contributed by atoms with Crippen LogP contribution < -0.4 is 0 Å². The predicted molar refractivity (Wildman–Crippen MR) is 188 cm³/mol. The number of ketones is 1. The Kier molecular flexibility index (Phi) is 37.9. The summed E-state index contributed by atoms with van der Waals surface area (Å²) >= 11 is 0. The van der Waals surface area contributed by atoms with Crippen molar-refractivity contribution in [3.05, 3.63) is 0 Å². The molecule has 0 unspecified atom stereocenters. The third-order valence-corrected chi connectivity index (χ3v) is 7.62. The van der Waals surface area contributed by atoms with Crippen molar-refractivity contribution in [2.24, 2.45) is 0 Å². The first-order chi connectivity index (χ1) is 24.5. The van der Waals surface area contributed by atoms with Gasteiger partial charge in [0.05, 0.1) is 85.7 Å². The van der Waals surface area contributed by atoms with Gasteiger partial charge in [0.25, 0.3) is 0 Å². The molecule has 294 valence electrons. The fourth-order valence-electron chi connectivity index (χ4n) is 4.74. The lowest BCUT2D eigenvalue weighted by Gasteiger charge is -2.09. The van der Waals surface area contributed by atoms with E-state index in [9.17, 15) is 19.2 Å². The van der Waals surface area contributed by atoms with Crippen LogP contribution in [0.5, 0.6) is 0 Å². The van der Waals surface area contributed by atoms with Crippen LogP contribution in [0.4, 0.5) is 0 Å². The number of carbonyl (C=O) groups excluding carboxylic acids is 3. The van der Waals surface area contributed by atoms with Crippen molar-refractivity contribution >= 4 is 23.7 Å². The summed E-state index contributed by atoms with van der Waals surface area (Å²) in [6.45, 7) is 7.20. The van der Waals surface area contributed by atoms with Gasteiger partial charge in [0, 0.05) is 12.8 Å². The number of carboxylic acids is 1. The average Bonchev–Trinajstić information content (AvgIpc) is 3.10. The van der Waals surface area contributed by atoms with E-state index < -0.39 is 17.7 Å². The van der Waals surface area contributed by atoms with Crippen LogP contribution in [0.25, 0.3) is 0 Å². The average molecular weight is 721 g/mol. The molecule has 13 nitrogen and oxygen atoms in total. The number of Topliss-reactive ketones (excluding diaryl/α,β-unsaturated/α-hetero) is 1. The molecular weight excluding hydrogens is 652 g/mol. The second-order valence-corrected chi connectivity index (χ2v) is 12.0. The quantitative estimate of drug-likeness (QED) is 0.0454. The van der Waals surface area contributed by atoms with Gasteiger partial charge in [0.2, 0.25) is 5.78 Å². The summed E-state index contributed by atoms with van der Waals surface area (Å²) in [6, 6.07) is 0. The standard InChI is InChI=1S/C37H68O13/c1-2-3-4-5-6-7-8-9-10-11-12-13-14-15-16-17-35(39)49-32-30-47-28-26-45-24-22-43-20-21-44-23-25-46-27-29-48-31-33-50-36(40)19-18-34(38)37(41)42/h2-33H2,1H3,(H,41,42). The highest BCUT2D eigenvalue weighted by atomic mass is 16.6. The van der Waals surface area contributed by atoms with Crippen molar-refractivity contribution in [3.63, 3.8) is 0 Å². The smallest absolute Gasteiger partial charge is 0.372 e. The molecule has 13 heteroatoms. The molecule has 0 spiro atoms. The molecular formula is C37H68O13. The zero-order valence-corrected chi connectivity index (χ0v) is 31.0. The van der Waals surface area contributed by atoms with Crippen LogP contribution in [-0.4, -0.2) is 121 Å². The van der Waals surface area contributed by atoms with E-state index in [0.29, 0.717) is 79.1 Å². The normalized spacial score (nSPS) is 11.1. The fourth-order valence-corrected chi connectivity index (χ4v) is 4.74. The summed E-state index contributed by atoms with van der Waals surface area (Å²) < 4.78 is 42.5. The Morgan fingerprint density at radius 1 is 0.360 bits per heavy atom. The van der Waals surface area contributed by atoms with Gasteiger partial charge < -0.3 is 43.0 Å². The SMILES string of the molecule is CCCCCCCCCCCCCCCCCC(=O)OCCOCCOCCOCCOCCOCCOCCOC(=O)CCC(=O)C(=O)O. The van der Waals surface area contributed by atoms with Gasteiger partial charge in [-0.05, 0) is 6.42 Å². The largest absolute Gasteiger partial charge is 0.476 e. The first-order valence-corrected chi connectivity index (χ1v) is 19.0. The zero-order valence-electron chi connectivity index (χ0n) is 31.0. The van der Waals surface area contributed by atoms with Crippen molar-refractivity contribution in [1.82, 2.24) is 0 Å². The van der Waals surface area contributed by atoms with Crippen molar-refractivity contribution in [1.29, 1.82) is 0 Å². The molecule has 0 aromatic heterocycles. The van der Waals surface area contributed by atoms with E-state index in [1.807, 2.05) is 0 Å². The van der Waals surface area contributed by atoms with Crippen LogP contribution in [0.2, 0.25) is 0 Å². The van der Waals surface area contributed by atoms with Crippen LogP contribution in [0.15, 0.2) is 0 Å². The lowest BCUT2D eigenvalue weighted by atomic mass is 10.0. The summed E-state index contributed by atoms with van der Waals surface area (Å²) in [4.78, 5) is 44.5. The molecule has 0 saturated carbocycles. The van der Waals surface area contributed by atoms with Crippen LogP contribution in [0.1, 0.15) is 122 Å². The Labute approximate surface area is 300 Å². The molecule has 0 fully saturated rings. The molecule has 0 atom stereocenters. The van der Waals surface area contributed by atoms with Crippen LogP contribution in [-0.2, 0) is 57.1 Å². The van der Waals surface area contributed by atoms with Crippen LogP contribution in [0.3, 0.4) is 0 Å². The molecule has 0 bridgehead atoms. The van der Waals surface area contributed by atoms with Gasteiger partial charge in [-0.15, -0.1) is 0 Å². The maximum atomic E-state index is 11.9. The molecule has 0 aliphatic heterocycles. The molecule has 0 heterocycles. The molecule has 0 amide bonds. The van der Waals surface area contributed by atoms with E-state index in [0.717, 1.165) is 12.8 Å². The number of unbranched alkanes of at least 4 members (excludes halogenated alkanes) is 14. The molecule has 1 N–H and O–H groups in total. The van der Waals surface area contributed by atoms with Gasteiger partial charge in [0.1, 0.15) is 13.2 Å². The first-order valence-electron chi connectivity index (χ1n) is 19.0. The summed E-state index contributed by atoms with van der Waals surface area (Å²) in [5, 5.41) is 8.45. The number of esters is 2. The number of hydrogen-bond donors (Lipinski definition) is 1. The zero-order chi connectivity index (χ0) is 36.6. The molecule has 0 saturated heterocycles. The van der Waals surface area contributed by atoms with E-state index in [4.69, 9.17) is 43.0 Å². The second kappa shape index (κ2) is 39.6. The molecule has 0 radical (unpaired) electrons. The minimum absolute atomic E-state index is 0.0142. The number of carboxylic acid groups (broad SMARTS) is 1. The van der Waals surface area contributed by atoms with Gasteiger partial charge in [-0.25, -0.2) is 4.79 Å². The number of carbonyl (C=O) groups is 4. The third-order valence-electron chi connectivity index (χ3n) is 7.62. The van der Waals surface area contributed by atoms with Gasteiger partial charge in [-0.1, -0.05) is 96.8 Å². The van der Waals surface area contributed by atoms with Gasteiger partial charge in [-0.3, -0.25) is 14.4 Å². The van der Waals surface area contributed by atoms with E-state index in [2.05, 4.69) is 6.92 Å². The molecule has 0 aromatic rings. The van der Waals surface area contributed by atoms with E-state index in [1.54, 1.807) is 0 Å². The minimum Gasteiger partial charge on any atom is -0.476 e. The Balaban J connectivity index is 3.20. The summed E-state index contributed by atoms with van der Waals surface area (Å²) in [6.07, 6.45) is 19.4. The Bertz CT molecular complexity index is 793. The van der Waals surface area contributed by atoms with Crippen LogP contribution in [0, 0.1) is 0 Å². The van der Waals surface area contributed by atoms with E-state index in [1.165, 1.54) is 83.5 Å². The number of rotatable bonds is 41. The van der Waals surface area contributed by atoms with Crippen molar-refractivity contribution < 1.29 is 62.2 Å². The second-order valence-electron chi connectivity index (χ2n) is 12.0. The van der Waals surface area contributed by atoms with Crippen molar-refractivity contribution in [3.8, 4) is 0 Å². The fraction of sp³-hybridized carbons (Fsp3) is 0.892. The number of aliphatic carboxylic acids is 1. The van der Waals surface area contributed by atoms with Gasteiger partial charge >= 0.3 is 17.9 Å². The van der Waals surface area contributed by atoms with Gasteiger partial charge in [0.15, 0.2) is 0 Å². The Hall–Kier alpha value is -2.16. The maximum Gasteiger partial charge on any atom is 0.372 e. The lowest BCUT2D eigenvalue weighted by Crippen LogP contribution is -2.17. The van der Waals surface area contributed by atoms with Crippen molar-refractivity contribution in [2.45, 2.75) is 122 Å². The highest BCUT2D eigenvalue weighted by Crippen LogP contribution is 2.14. The lowest BCUT2D eigenvalue weighted by molar-refractivity contribution is -0.151. The summed E-state index contributed by atoms with van der Waals surface area (Å²) in [5.74, 6) is -3.38. The number of hydrogen-bond acceptors (Lipinski definition) is 12. The van der Waals surface area contributed by atoms with E-state index >= 15 is 0 Å². The molecule has 50 heavy (non-hydrogen) atoms. The molecule has 0 aliphatic carbocycles. The first kappa shape index (κ1) is 47.8. The highest BCUT2D eigenvalue weighted by Gasteiger charge is 2.14. The van der Waals surface area contributed by atoms with E-state index in [-0.39, 0.29) is 38.6 Å². The minimum atomic E-state index is -1.56. The number of ether oxygens (including phenoxy) is 8. The summed E-state index contributed by atoms with van der Waals surface area (Å²) in [7, 11) is 0. The predicted octanol–water partition coefficient (Wildman–Crippen LogP) is 5.87. The topological polar surface area (TPSA) is 162 Å². The molecule has 0 aliphatic rings. The highest BCUT2D eigenvalue weighted by molar-refractivity contribution is 6.32. The Morgan fingerprint density at radius 3 is 0.960 bits per heavy atom. The monoisotopic (exact) mass is 720 g/mol. The maximum absolute atomic E-state index is 11.9. The third kappa shape index (κ3) is 38.6. The van der Waals surface area contributed by atoms with Gasteiger partial charge in [-0.2, -0.15) is 0 Å².